The molecule has 0 aliphatic carbocycles. The average molecular weight is 457 g/mol. The Morgan fingerprint density at radius 1 is 1.25 bits per heavy atom. The van der Waals surface area contributed by atoms with E-state index in [4.69, 9.17) is 11.6 Å². The molecule has 2 heterocycles. The topological polar surface area (TPSA) is 78.7 Å². The van der Waals surface area contributed by atoms with Crippen molar-refractivity contribution in [3.63, 3.8) is 0 Å². The summed E-state index contributed by atoms with van der Waals surface area (Å²) >= 11 is 6.02. The van der Waals surface area contributed by atoms with Crippen LogP contribution < -0.4 is 10.2 Å². The minimum atomic E-state index is -0.370. The molecule has 0 bridgehead atoms. The van der Waals surface area contributed by atoms with E-state index in [0.717, 1.165) is 48.9 Å². The van der Waals surface area contributed by atoms with Gasteiger partial charge in [-0.15, -0.1) is 0 Å². The number of carbonyl (C=O) groups excluding carboxylic acids is 1. The van der Waals surface area contributed by atoms with Gasteiger partial charge >= 0.3 is 0 Å². The van der Waals surface area contributed by atoms with Crippen LogP contribution in [0, 0.1) is 16.0 Å². The number of benzene rings is 2. The molecule has 0 spiro atoms. The summed E-state index contributed by atoms with van der Waals surface area (Å²) < 4.78 is 0. The number of amides is 1. The Morgan fingerprint density at radius 2 is 2.00 bits per heavy atom. The zero-order valence-electron chi connectivity index (χ0n) is 18.5. The second kappa shape index (κ2) is 9.46. The van der Waals surface area contributed by atoms with Crippen molar-refractivity contribution < 1.29 is 9.72 Å². The quantitative estimate of drug-likeness (QED) is 0.524. The van der Waals surface area contributed by atoms with E-state index in [2.05, 4.69) is 15.1 Å². The third kappa shape index (κ3) is 4.74. The third-order valence-corrected chi connectivity index (χ3v) is 6.90. The van der Waals surface area contributed by atoms with Crippen molar-refractivity contribution in [1.29, 1.82) is 0 Å². The largest absolute Gasteiger partial charge is 0.365 e. The third-order valence-electron chi connectivity index (χ3n) is 6.65. The summed E-state index contributed by atoms with van der Waals surface area (Å²) in [6, 6.07) is 13.0. The van der Waals surface area contributed by atoms with Gasteiger partial charge in [0.1, 0.15) is 0 Å². The van der Waals surface area contributed by atoms with Gasteiger partial charge in [-0.05, 0) is 49.1 Å². The summed E-state index contributed by atoms with van der Waals surface area (Å²) in [5, 5.41) is 15.2. The smallest absolute Gasteiger partial charge is 0.269 e. The summed E-state index contributed by atoms with van der Waals surface area (Å²) in [4.78, 5) is 28.8. The lowest BCUT2D eigenvalue weighted by atomic mass is 9.83. The number of nitrogens with one attached hydrogen (secondary N) is 1. The van der Waals surface area contributed by atoms with Gasteiger partial charge in [0.15, 0.2) is 0 Å². The Hall–Kier alpha value is -2.64. The highest BCUT2D eigenvalue weighted by molar-refractivity contribution is 6.30. The maximum absolute atomic E-state index is 13.2. The highest BCUT2D eigenvalue weighted by atomic mass is 35.5. The molecular weight excluding hydrogens is 428 g/mol. The summed E-state index contributed by atoms with van der Waals surface area (Å²) in [5.41, 5.74) is 3.16. The second-order valence-electron chi connectivity index (χ2n) is 8.82. The molecule has 32 heavy (non-hydrogen) atoms. The molecule has 7 nitrogen and oxygen atoms in total. The van der Waals surface area contributed by atoms with E-state index in [1.807, 2.05) is 44.2 Å². The number of halogens is 1. The lowest BCUT2D eigenvalue weighted by molar-refractivity contribution is -0.384. The van der Waals surface area contributed by atoms with E-state index in [1.165, 1.54) is 5.56 Å². The van der Waals surface area contributed by atoms with Crippen molar-refractivity contribution in [2.24, 2.45) is 5.92 Å². The standard InChI is InChI=1S/C24H29ClN4O3/c1-3-16(2)26-24(30)21-13-18-12-20(29(31)32)8-9-22(18)28-11-10-27(15-23(21)28)14-17-4-6-19(25)7-5-17/h4-9,12,16,21,23H,3,10-11,13-15H2,1-2H3,(H,26,30). The van der Waals surface area contributed by atoms with Crippen LogP contribution in [-0.2, 0) is 17.8 Å². The van der Waals surface area contributed by atoms with Crippen LogP contribution in [0.15, 0.2) is 42.5 Å². The molecule has 2 aliphatic rings. The molecule has 8 heteroatoms. The molecule has 0 aromatic heterocycles. The fourth-order valence-corrected chi connectivity index (χ4v) is 4.85. The van der Waals surface area contributed by atoms with Crippen LogP contribution in [0.3, 0.4) is 0 Å². The number of piperazine rings is 1. The lowest BCUT2D eigenvalue weighted by Gasteiger charge is -2.49. The van der Waals surface area contributed by atoms with Gasteiger partial charge in [0, 0.05) is 55.1 Å². The maximum atomic E-state index is 13.2. The molecule has 1 fully saturated rings. The number of nitro benzene ring substituents is 1. The average Bonchev–Trinajstić information content (AvgIpc) is 2.79. The number of hydrogen-bond acceptors (Lipinski definition) is 5. The van der Waals surface area contributed by atoms with Crippen molar-refractivity contribution in [3.05, 3.63) is 68.7 Å². The van der Waals surface area contributed by atoms with Crippen LogP contribution in [0.5, 0.6) is 0 Å². The predicted octanol–water partition coefficient (Wildman–Crippen LogP) is 4.03. The summed E-state index contributed by atoms with van der Waals surface area (Å²) in [5.74, 6) is -0.230. The molecule has 170 valence electrons. The SMILES string of the molecule is CCC(C)NC(=O)C1Cc2cc([N+](=O)[O-])ccc2N2CCN(Cc3ccc(Cl)cc3)CC12. The van der Waals surface area contributed by atoms with Crippen molar-refractivity contribution in [2.45, 2.75) is 45.3 Å². The first-order valence-electron chi connectivity index (χ1n) is 11.2. The van der Waals surface area contributed by atoms with Crippen molar-refractivity contribution >= 4 is 28.9 Å². The van der Waals surface area contributed by atoms with E-state index in [0.29, 0.717) is 6.42 Å². The normalized spacial score (nSPS) is 21.4. The number of carbonyl (C=O) groups is 1. The number of rotatable bonds is 6. The van der Waals surface area contributed by atoms with E-state index >= 15 is 0 Å². The van der Waals surface area contributed by atoms with Crippen molar-refractivity contribution in [2.75, 3.05) is 24.5 Å². The fourth-order valence-electron chi connectivity index (χ4n) is 4.73. The van der Waals surface area contributed by atoms with Gasteiger partial charge < -0.3 is 10.2 Å². The minimum Gasteiger partial charge on any atom is -0.365 e. The monoisotopic (exact) mass is 456 g/mol. The highest BCUT2D eigenvalue weighted by Crippen LogP contribution is 2.38. The van der Waals surface area contributed by atoms with Crippen LogP contribution in [0.4, 0.5) is 11.4 Å². The van der Waals surface area contributed by atoms with Gasteiger partial charge in [-0.2, -0.15) is 0 Å². The molecule has 2 aliphatic heterocycles. The first-order valence-corrected chi connectivity index (χ1v) is 11.5. The van der Waals surface area contributed by atoms with Gasteiger partial charge in [0.25, 0.3) is 5.69 Å². The maximum Gasteiger partial charge on any atom is 0.269 e. The lowest BCUT2D eigenvalue weighted by Crippen LogP contribution is -2.61. The van der Waals surface area contributed by atoms with Crippen LogP contribution in [0.1, 0.15) is 31.4 Å². The molecule has 1 N–H and O–H groups in total. The van der Waals surface area contributed by atoms with E-state index in [9.17, 15) is 14.9 Å². The van der Waals surface area contributed by atoms with Gasteiger partial charge in [-0.25, -0.2) is 0 Å². The molecule has 4 rings (SSSR count). The number of nitro groups is 1. The van der Waals surface area contributed by atoms with E-state index < -0.39 is 0 Å². The number of non-ortho nitro benzene ring substituents is 1. The first kappa shape index (κ1) is 22.6. The Morgan fingerprint density at radius 3 is 2.69 bits per heavy atom. The zero-order chi connectivity index (χ0) is 22.8. The number of anilines is 1. The molecular formula is C24H29ClN4O3. The zero-order valence-corrected chi connectivity index (χ0v) is 19.2. The predicted molar refractivity (Wildman–Crippen MR) is 126 cm³/mol. The Labute approximate surface area is 193 Å². The second-order valence-corrected chi connectivity index (χ2v) is 9.26. The van der Waals surface area contributed by atoms with Crippen LogP contribution in [-0.4, -0.2) is 47.4 Å². The molecule has 2 aromatic rings. The minimum absolute atomic E-state index is 0.0223. The molecule has 0 saturated carbocycles. The highest BCUT2D eigenvalue weighted by Gasteiger charge is 2.42. The summed E-state index contributed by atoms with van der Waals surface area (Å²) in [7, 11) is 0. The molecule has 3 atom stereocenters. The first-order chi connectivity index (χ1) is 15.4. The molecule has 3 unspecified atom stereocenters. The molecule has 0 radical (unpaired) electrons. The van der Waals surface area contributed by atoms with Crippen molar-refractivity contribution in [1.82, 2.24) is 10.2 Å². The molecule has 1 amide bonds. The Kier molecular flexibility index (Phi) is 6.67. The Balaban J connectivity index is 1.60. The van der Waals surface area contributed by atoms with E-state index in [1.54, 1.807) is 12.1 Å². The van der Waals surface area contributed by atoms with Gasteiger partial charge in [0.2, 0.25) is 5.91 Å². The summed E-state index contributed by atoms with van der Waals surface area (Å²) in [6.07, 6.45) is 1.37. The number of fused-ring (bicyclic) bond motifs is 3. The van der Waals surface area contributed by atoms with Crippen LogP contribution >= 0.6 is 11.6 Å². The van der Waals surface area contributed by atoms with Crippen molar-refractivity contribution in [3.8, 4) is 0 Å². The van der Waals surface area contributed by atoms with E-state index in [-0.39, 0.29) is 34.5 Å². The number of nitrogens with zero attached hydrogens (tertiary/aromatic N) is 3. The molecule has 1 saturated heterocycles. The Bertz CT molecular complexity index is 997. The number of hydrogen-bond donors (Lipinski definition) is 1. The van der Waals surface area contributed by atoms with Gasteiger partial charge in [-0.3, -0.25) is 19.8 Å². The fraction of sp³-hybridized carbons (Fsp3) is 0.458. The van der Waals surface area contributed by atoms with Crippen LogP contribution in [0.25, 0.3) is 0 Å². The van der Waals surface area contributed by atoms with Gasteiger partial charge in [-0.1, -0.05) is 30.7 Å². The van der Waals surface area contributed by atoms with Crippen LogP contribution in [0.2, 0.25) is 5.02 Å². The molecule has 2 aromatic carbocycles. The summed E-state index contributed by atoms with van der Waals surface area (Å²) in [6.45, 7) is 7.24. The van der Waals surface area contributed by atoms with Gasteiger partial charge in [0.05, 0.1) is 16.9 Å².